The van der Waals surface area contributed by atoms with Gasteiger partial charge in [-0.25, -0.2) is 0 Å². The van der Waals surface area contributed by atoms with Crippen molar-refractivity contribution in [1.82, 2.24) is 14.4 Å². The van der Waals surface area contributed by atoms with Gasteiger partial charge in [-0.15, -0.1) is 0 Å². The van der Waals surface area contributed by atoms with Crippen molar-refractivity contribution in [2.24, 2.45) is 17.1 Å². The molecule has 5 rings (SSSR count). The standard InChI is InChI=1S/C22H26N4O/c1-12(2)11-16-13-7-10-26-18-17(15-5-8-21(15,3)22(18,4)23)20(27)25-19(26)14(13)6-9-24-16/h6-7,9-10,12,15H,5,8,11,23H2,1-4H3. The van der Waals surface area contributed by atoms with Gasteiger partial charge in [-0.05, 0) is 55.6 Å². The zero-order valence-electron chi connectivity index (χ0n) is 16.4. The molecule has 0 bridgehead atoms. The van der Waals surface area contributed by atoms with Gasteiger partial charge >= 0.3 is 0 Å². The molecule has 0 aliphatic heterocycles. The lowest BCUT2D eigenvalue weighted by Gasteiger charge is -2.50. The first-order chi connectivity index (χ1) is 12.8. The van der Waals surface area contributed by atoms with Crippen LogP contribution in [0.15, 0.2) is 29.3 Å². The van der Waals surface area contributed by atoms with Gasteiger partial charge < -0.3 is 10.1 Å². The fraction of sp³-hybridized carbons (Fsp3) is 0.500. The maximum absolute atomic E-state index is 13.1. The third-order valence-electron chi connectivity index (χ3n) is 7.22. The Hall–Kier alpha value is -2.27. The normalized spacial score (nSPS) is 29.2. The van der Waals surface area contributed by atoms with Gasteiger partial charge in [0, 0.05) is 34.4 Å². The zero-order chi connectivity index (χ0) is 19.1. The van der Waals surface area contributed by atoms with E-state index in [9.17, 15) is 4.79 Å². The van der Waals surface area contributed by atoms with Gasteiger partial charge in [0.05, 0.1) is 11.2 Å². The largest absolute Gasteiger partial charge is 0.320 e. The van der Waals surface area contributed by atoms with E-state index in [0.29, 0.717) is 11.6 Å². The van der Waals surface area contributed by atoms with Gasteiger partial charge in [0.2, 0.25) is 0 Å². The zero-order valence-corrected chi connectivity index (χ0v) is 16.4. The Morgan fingerprint density at radius 3 is 2.74 bits per heavy atom. The second-order valence-corrected chi connectivity index (χ2v) is 9.22. The number of hydrogen-bond donors (Lipinski definition) is 1. The number of hydrogen-bond acceptors (Lipinski definition) is 4. The minimum absolute atomic E-state index is 0.0620. The molecule has 1 saturated carbocycles. The third-order valence-corrected chi connectivity index (χ3v) is 7.22. The van der Waals surface area contributed by atoms with Crippen LogP contribution in [0.25, 0.3) is 16.4 Å². The molecule has 1 fully saturated rings. The van der Waals surface area contributed by atoms with Crippen molar-refractivity contribution in [1.29, 1.82) is 0 Å². The van der Waals surface area contributed by atoms with Crippen molar-refractivity contribution in [2.75, 3.05) is 0 Å². The molecule has 27 heavy (non-hydrogen) atoms. The average Bonchev–Trinajstić information content (AvgIpc) is 2.71. The summed E-state index contributed by atoms with van der Waals surface area (Å²) >= 11 is 0. The smallest absolute Gasteiger partial charge is 0.277 e. The molecule has 3 aromatic heterocycles. The number of pyridine rings is 2. The second-order valence-electron chi connectivity index (χ2n) is 9.22. The maximum atomic E-state index is 13.1. The van der Waals surface area contributed by atoms with Crippen molar-refractivity contribution < 1.29 is 0 Å². The molecule has 0 spiro atoms. The van der Waals surface area contributed by atoms with E-state index in [4.69, 9.17) is 5.73 Å². The Morgan fingerprint density at radius 2 is 2.07 bits per heavy atom. The van der Waals surface area contributed by atoms with Crippen LogP contribution in [0.4, 0.5) is 0 Å². The number of nitrogens with zero attached hydrogens (tertiary/aromatic N) is 3. The van der Waals surface area contributed by atoms with Gasteiger partial charge in [-0.1, -0.05) is 20.8 Å². The molecule has 0 amide bonds. The van der Waals surface area contributed by atoms with E-state index in [0.717, 1.165) is 47.0 Å². The molecular formula is C22H26N4O. The first kappa shape index (κ1) is 16.9. The highest BCUT2D eigenvalue weighted by Crippen LogP contribution is 2.66. The minimum atomic E-state index is -0.544. The molecule has 5 heteroatoms. The van der Waals surface area contributed by atoms with Crippen LogP contribution < -0.4 is 11.3 Å². The Morgan fingerprint density at radius 1 is 1.30 bits per heavy atom. The molecule has 0 radical (unpaired) electrons. The Labute approximate surface area is 158 Å². The first-order valence-electron chi connectivity index (χ1n) is 9.88. The van der Waals surface area contributed by atoms with Crippen LogP contribution in [0.3, 0.4) is 0 Å². The Bertz CT molecular complexity index is 1160. The molecule has 2 aliphatic carbocycles. The first-order valence-corrected chi connectivity index (χ1v) is 9.88. The van der Waals surface area contributed by atoms with Crippen LogP contribution in [0, 0.1) is 11.3 Å². The van der Waals surface area contributed by atoms with E-state index in [1.807, 2.05) is 18.5 Å². The van der Waals surface area contributed by atoms with Crippen LogP contribution in [-0.2, 0) is 12.0 Å². The molecule has 3 aromatic rings. The van der Waals surface area contributed by atoms with Crippen LogP contribution in [0.5, 0.6) is 0 Å². The topological polar surface area (TPSA) is 73.3 Å². The molecular weight excluding hydrogens is 336 g/mol. The SMILES string of the molecule is CC(C)Cc1nccc2c1ccn1c3c(c(=O)nc21)C1CCC1(C)C3(C)N. The summed E-state index contributed by atoms with van der Waals surface area (Å²) in [5, 5.41) is 2.05. The fourth-order valence-electron chi connectivity index (χ4n) is 5.40. The average molecular weight is 362 g/mol. The van der Waals surface area contributed by atoms with Gasteiger partial charge in [0.25, 0.3) is 5.56 Å². The predicted octanol–water partition coefficient (Wildman–Crippen LogP) is 3.51. The molecule has 0 saturated heterocycles. The van der Waals surface area contributed by atoms with E-state index in [1.54, 1.807) is 0 Å². The summed E-state index contributed by atoms with van der Waals surface area (Å²) in [5.41, 5.74) is 9.71. The quantitative estimate of drug-likeness (QED) is 0.708. The Balaban J connectivity index is 1.88. The monoisotopic (exact) mass is 362 g/mol. The van der Waals surface area contributed by atoms with Gasteiger partial charge in [-0.2, -0.15) is 4.98 Å². The Kier molecular flexibility index (Phi) is 3.23. The molecule has 3 atom stereocenters. The molecule has 2 aliphatic rings. The van der Waals surface area contributed by atoms with Gasteiger partial charge in [0.1, 0.15) is 5.65 Å². The summed E-state index contributed by atoms with van der Waals surface area (Å²) in [4.78, 5) is 22.2. The fourth-order valence-corrected chi connectivity index (χ4v) is 5.40. The van der Waals surface area contributed by atoms with E-state index >= 15 is 0 Å². The predicted molar refractivity (Wildman–Crippen MR) is 107 cm³/mol. The number of aromatic nitrogens is 3. The number of fused-ring (bicyclic) bond motifs is 7. The summed E-state index contributed by atoms with van der Waals surface area (Å²) in [7, 11) is 0. The molecule has 0 aromatic carbocycles. The van der Waals surface area contributed by atoms with Crippen molar-refractivity contribution in [3.8, 4) is 0 Å². The maximum Gasteiger partial charge on any atom is 0.277 e. The summed E-state index contributed by atoms with van der Waals surface area (Å²) < 4.78 is 2.07. The van der Waals surface area contributed by atoms with Crippen LogP contribution in [0.2, 0.25) is 0 Å². The van der Waals surface area contributed by atoms with E-state index in [-0.39, 0.29) is 16.9 Å². The summed E-state index contributed by atoms with van der Waals surface area (Å²) in [6.45, 7) is 8.68. The third kappa shape index (κ3) is 1.95. The molecule has 140 valence electrons. The number of rotatable bonds is 2. The van der Waals surface area contributed by atoms with E-state index in [1.165, 1.54) is 0 Å². The lowest BCUT2D eigenvalue weighted by Crippen LogP contribution is -2.52. The lowest BCUT2D eigenvalue weighted by atomic mass is 9.56. The molecule has 3 heterocycles. The van der Waals surface area contributed by atoms with Crippen molar-refractivity contribution in [3.05, 3.63) is 51.8 Å². The molecule has 3 unspecified atom stereocenters. The van der Waals surface area contributed by atoms with Crippen molar-refractivity contribution in [2.45, 2.75) is 58.4 Å². The second kappa shape index (κ2) is 5.16. The molecule has 5 nitrogen and oxygen atoms in total. The van der Waals surface area contributed by atoms with Gasteiger partial charge in [-0.3, -0.25) is 9.78 Å². The highest BCUT2D eigenvalue weighted by atomic mass is 16.1. The van der Waals surface area contributed by atoms with Crippen molar-refractivity contribution >= 4 is 16.4 Å². The van der Waals surface area contributed by atoms with Gasteiger partial charge in [0.15, 0.2) is 0 Å². The summed E-state index contributed by atoms with van der Waals surface area (Å²) in [6, 6.07) is 4.07. The van der Waals surface area contributed by atoms with Crippen LogP contribution in [0.1, 0.15) is 63.4 Å². The summed E-state index contributed by atoms with van der Waals surface area (Å²) in [6.07, 6.45) is 6.84. The highest BCUT2D eigenvalue weighted by molar-refractivity contribution is 5.95. The van der Waals surface area contributed by atoms with Crippen molar-refractivity contribution in [3.63, 3.8) is 0 Å². The van der Waals surface area contributed by atoms with Crippen LogP contribution >= 0.6 is 0 Å². The van der Waals surface area contributed by atoms with E-state index < -0.39 is 5.54 Å². The van der Waals surface area contributed by atoms with E-state index in [2.05, 4.69) is 48.1 Å². The molecule has 2 N–H and O–H groups in total. The summed E-state index contributed by atoms with van der Waals surface area (Å²) in [5.74, 6) is 0.737. The highest BCUT2D eigenvalue weighted by Gasteiger charge is 2.62. The lowest BCUT2D eigenvalue weighted by molar-refractivity contribution is 0.0434. The van der Waals surface area contributed by atoms with Crippen LogP contribution in [-0.4, -0.2) is 14.4 Å². The minimum Gasteiger partial charge on any atom is -0.320 e. The number of nitrogens with two attached hydrogens (primary N) is 1.